The minimum Gasteiger partial charge on any atom is -0.122 e. The van der Waals surface area contributed by atoms with Gasteiger partial charge in [0.1, 0.15) is 0 Å². The van der Waals surface area contributed by atoms with Gasteiger partial charge in [-0.1, -0.05) is 32.9 Å². The molecule has 0 heterocycles. The topological polar surface area (TPSA) is 0 Å². The molecule has 0 spiro atoms. The molecule has 0 atom stereocenters. The third kappa shape index (κ3) is 2.30. The fourth-order valence-electron chi connectivity index (χ4n) is 1.50. The summed E-state index contributed by atoms with van der Waals surface area (Å²) in [5, 5.41) is 0. The first-order chi connectivity index (χ1) is 6.36. The monoisotopic (exact) mass is 210 g/mol. The van der Waals surface area contributed by atoms with E-state index in [1.165, 1.54) is 22.3 Å². The molecule has 14 heavy (non-hydrogen) atoms. The van der Waals surface area contributed by atoms with Crippen molar-refractivity contribution in [2.75, 3.05) is 0 Å². The molecule has 1 aromatic rings. The third-order valence-corrected chi connectivity index (χ3v) is 3.07. The van der Waals surface area contributed by atoms with Crippen LogP contribution in [0.2, 0.25) is 0 Å². The van der Waals surface area contributed by atoms with Gasteiger partial charge in [0.2, 0.25) is 0 Å². The molecular weight excluding hydrogens is 192 g/mol. The molecule has 0 aliphatic carbocycles. The van der Waals surface area contributed by atoms with Gasteiger partial charge in [-0.2, -0.15) is 0 Å². The van der Waals surface area contributed by atoms with Crippen LogP contribution in [0.3, 0.4) is 0 Å². The van der Waals surface area contributed by atoms with Gasteiger partial charge >= 0.3 is 0 Å². The summed E-state index contributed by atoms with van der Waals surface area (Å²) in [6.07, 6.45) is 0. The van der Waals surface area contributed by atoms with E-state index in [0.717, 1.165) is 0 Å². The molecule has 0 N–H and O–H groups in total. The summed E-state index contributed by atoms with van der Waals surface area (Å²) in [5.41, 5.74) is 5.51. The molecule has 0 radical (unpaired) electrons. The van der Waals surface area contributed by atoms with Crippen molar-refractivity contribution in [2.45, 2.75) is 45.9 Å². The SMILES string of the molecule is Cc1cc(C(C)(C)C)cc(CCl)c1C. The highest BCUT2D eigenvalue weighted by Gasteiger charge is 2.15. The van der Waals surface area contributed by atoms with Gasteiger partial charge in [0.25, 0.3) is 0 Å². The maximum atomic E-state index is 5.93. The summed E-state index contributed by atoms with van der Waals surface area (Å²) >= 11 is 5.93. The normalized spacial score (nSPS) is 11.9. The van der Waals surface area contributed by atoms with Crippen molar-refractivity contribution in [3.05, 3.63) is 34.4 Å². The molecule has 0 fully saturated rings. The molecule has 0 aromatic heterocycles. The van der Waals surface area contributed by atoms with E-state index in [9.17, 15) is 0 Å². The van der Waals surface area contributed by atoms with Crippen LogP contribution in [-0.4, -0.2) is 0 Å². The number of benzene rings is 1. The summed E-state index contributed by atoms with van der Waals surface area (Å²) in [6.45, 7) is 11.0. The molecule has 1 aromatic carbocycles. The van der Waals surface area contributed by atoms with E-state index < -0.39 is 0 Å². The van der Waals surface area contributed by atoms with Crippen LogP contribution < -0.4 is 0 Å². The number of rotatable bonds is 1. The molecule has 0 aliphatic heterocycles. The Morgan fingerprint density at radius 1 is 1.14 bits per heavy atom. The number of halogens is 1. The Hall–Kier alpha value is -0.490. The second-order valence-electron chi connectivity index (χ2n) is 4.96. The Morgan fingerprint density at radius 2 is 1.71 bits per heavy atom. The molecule has 0 saturated heterocycles. The van der Waals surface area contributed by atoms with Crippen molar-refractivity contribution in [3.63, 3.8) is 0 Å². The molecule has 0 aliphatic rings. The Labute approximate surface area is 92.3 Å². The summed E-state index contributed by atoms with van der Waals surface area (Å²) in [6, 6.07) is 4.50. The fourth-order valence-corrected chi connectivity index (χ4v) is 1.78. The van der Waals surface area contributed by atoms with Crippen molar-refractivity contribution >= 4 is 11.6 Å². The summed E-state index contributed by atoms with van der Waals surface area (Å²) in [4.78, 5) is 0. The largest absolute Gasteiger partial charge is 0.122 e. The van der Waals surface area contributed by atoms with Crippen molar-refractivity contribution in [1.82, 2.24) is 0 Å². The molecule has 0 saturated carbocycles. The van der Waals surface area contributed by atoms with Gasteiger partial charge in [0.15, 0.2) is 0 Å². The summed E-state index contributed by atoms with van der Waals surface area (Å²) in [5.74, 6) is 0.608. The van der Waals surface area contributed by atoms with E-state index in [4.69, 9.17) is 11.6 Å². The van der Waals surface area contributed by atoms with Gasteiger partial charge in [-0.3, -0.25) is 0 Å². The highest BCUT2D eigenvalue weighted by Crippen LogP contribution is 2.27. The van der Waals surface area contributed by atoms with Gasteiger partial charge in [-0.05, 0) is 41.5 Å². The number of hydrogen-bond acceptors (Lipinski definition) is 0. The lowest BCUT2D eigenvalue weighted by Crippen LogP contribution is -2.12. The van der Waals surface area contributed by atoms with Crippen LogP contribution >= 0.6 is 11.6 Å². The minimum absolute atomic E-state index is 0.208. The van der Waals surface area contributed by atoms with Crippen molar-refractivity contribution in [1.29, 1.82) is 0 Å². The van der Waals surface area contributed by atoms with E-state index in [1.54, 1.807) is 0 Å². The van der Waals surface area contributed by atoms with Crippen LogP contribution in [0.15, 0.2) is 12.1 Å². The molecule has 1 rings (SSSR count). The van der Waals surface area contributed by atoms with Gasteiger partial charge in [-0.15, -0.1) is 11.6 Å². The second-order valence-corrected chi connectivity index (χ2v) is 5.23. The number of alkyl halides is 1. The van der Waals surface area contributed by atoms with E-state index in [-0.39, 0.29) is 5.41 Å². The minimum atomic E-state index is 0.208. The number of aryl methyl sites for hydroxylation is 1. The average molecular weight is 211 g/mol. The maximum absolute atomic E-state index is 5.93. The zero-order chi connectivity index (χ0) is 10.9. The summed E-state index contributed by atoms with van der Waals surface area (Å²) < 4.78 is 0. The first-order valence-corrected chi connectivity index (χ1v) is 5.56. The van der Waals surface area contributed by atoms with Gasteiger partial charge in [-0.25, -0.2) is 0 Å². The lowest BCUT2D eigenvalue weighted by atomic mass is 9.84. The highest BCUT2D eigenvalue weighted by atomic mass is 35.5. The Morgan fingerprint density at radius 3 is 2.14 bits per heavy atom. The van der Waals surface area contributed by atoms with Gasteiger partial charge in [0, 0.05) is 5.88 Å². The lowest BCUT2D eigenvalue weighted by Gasteiger charge is -2.21. The second kappa shape index (κ2) is 3.94. The van der Waals surface area contributed by atoms with Crippen LogP contribution in [0.5, 0.6) is 0 Å². The van der Waals surface area contributed by atoms with Gasteiger partial charge < -0.3 is 0 Å². The molecule has 78 valence electrons. The van der Waals surface area contributed by atoms with Crippen LogP contribution in [0.4, 0.5) is 0 Å². The molecular formula is C13H19Cl. The van der Waals surface area contributed by atoms with E-state index >= 15 is 0 Å². The van der Waals surface area contributed by atoms with E-state index in [2.05, 4.69) is 46.8 Å². The molecule has 0 unspecified atom stereocenters. The quantitative estimate of drug-likeness (QED) is 0.605. The fraction of sp³-hybridized carbons (Fsp3) is 0.538. The maximum Gasteiger partial charge on any atom is 0.0476 e. The Bertz CT molecular complexity index is 332. The first kappa shape index (κ1) is 11.6. The zero-order valence-electron chi connectivity index (χ0n) is 9.74. The predicted octanol–water partition coefficient (Wildman–Crippen LogP) is 4.34. The molecule has 0 amide bonds. The van der Waals surface area contributed by atoms with Crippen LogP contribution in [0, 0.1) is 13.8 Å². The molecule has 0 nitrogen and oxygen atoms in total. The Kier molecular flexibility index (Phi) is 3.26. The smallest absolute Gasteiger partial charge is 0.0476 e. The number of hydrogen-bond donors (Lipinski definition) is 0. The van der Waals surface area contributed by atoms with Crippen LogP contribution in [-0.2, 0) is 11.3 Å². The van der Waals surface area contributed by atoms with Crippen molar-refractivity contribution < 1.29 is 0 Å². The lowest BCUT2D eigenvalue weighted by molar-refractivity contribution is 0.589. The Balaban J connectivity index is 3.30. The molecule has 1 heteroatoms. The third-order valence-electron chi connectivity index (χ3n) is 2.78. The zero-order valence-corrected chi connectivity index (χ0v) is 10.5. The standard InChI is InChI=1S/C13H19Cl/c1-9-6-12(13(3,4)5)7-11(8-14)10(9)2/h6-7H,8H2,1-5H3. The van der Waals surface area contributed by atoms with Crippen molar-refractivity contribution in [2.24, 2.45) is 0 Å². The van der Waals surface area contributed by atoms with E-state index in [1.807, 2.05) is 0 Å². The van der Waals surface area contributed by atoms with Crippen LogP contribution in [0.25, 0.3) is 0 Å². The van der Waals surface area contributed by atoms with E-state index in [0.29, 0.717) is 5.88 Å². The average Bonchev–Trinajstić information content (AvgIpc) is 2.07. The molecule has 0 bridgehead atoms. The highest BCUT2D eigenvalue weighted by molar-refractivity contribution is 6.17. The predicted molar refractivity (Wildman–Crippen MR) is 64.2 cm³/mol. The first-order valence-electron chi connectivity index (χ1n) is 5.03. The van der Waals surface area contributed by atoms with Crippen LogP contribution in [0.1, 0.15) is 43.0 Å². The van der Waals surface area contributed by atoms with Gasteiger partial charge in [0.05, 0.1) is 0 Å². The summed E-state index contributed by atoms with van der Waals surface area (Å²) in [7, 11) is 0. The van der Waals surface area contributed by atoms with Crippen molar-refractivity contribution in [3.8, 4) is 0 Å².